The van der Waals surface area contributed by atoms with Crippen molar-refractivity contribution in [3.05, 3.63) is 82.4 Å². The molecule has 1 aliphatic rings. The molecule has 1 heterocycles. The predicted octanol–water partition coefficient (Wildman–Crippen LogP) is 6.25. The van der Waals surface area contributed by atoms with Crippen molar-refractivity contribution in [3.8, 4) is 16.9 Å². The van der Waals surface area contributed by atoms with Crippen LogP contribution >= 0.6 is 11.6 Å². The molecule has 1 aliphatic heterocycles. The number of hydrogen-bond acceptors (Lipinski definition) is 5. The summed E-state index contributed by atoms with van der Waals surface area (Å²) in [5, 5.41) is 12.4. The third-order valence-electron chi connectivity index (χ3n) is 7.26. The lowest BCUT2D eigenvalue weighted by molar-refractivity contribution is -0.137. The van der Waals surface area contributed by atoms with Gasteiger partial charge in [0.15, 0.2) is 0 Å². The van der Waals surface area contributed by atoms with Crippen molar-refractivity contribution in [3.63, 3.8) is 0 Å². The van der Waals surface area contributed by atoms with Crippen LogP contribution in [0.3, 0.4) is 0 Å². The van der Waals surface area contributed by atoms with Gasteiger partial charge in [0.05, 0.1) is 29.4 Å². The summed E-state index contributed by atoms with van der Waals surface area (Å²) in [6.45, 7) is 6.91. The number of ether oxygens (including phenoxy) is 1. The van der Waals surface area contributed by atoms with Crippen LogP contribution in [-0.4, -0.2) is 61.3 Å². The maximum Gasteiger partial charge on any atom is 0.416 e. The molecule has 1 fully saturated rings. The normalized spacial score (nSPS) is 15.7. The van der Waals surface area contributed by atoms with Crippen LogP contribution in [0.25, 0.3) is 11.1 Å². The highest BCUT2D eigenvalue weighted by atomic mass is 35.5. The molecular formula is C31H35ClF3N3O3. The van der Waals surface area contributed by atoms with Gasteiger partial charge < -0.3 is 25.0 Å². The molecule has 0 saturated carbocycles. The Morgan fingerprint density at radius 3 is 2.56 bits per heavy atom. The summed E-state index contributed by atoms with van der Waals surface area (Å²) in [4.78, 5) is 17.3. The zero-order valence-corrected chi connectivity index (χ0v) is 23.9. The number of aliphatic hydroxyl groups excluding tert-OH is 1. The van der Waals surface area contributed by atoms with Gasteiger partial charge >= 0.3 is 6.18 Å². The highest BCUT2D eigenvalue weighted by Crippen LogP contribution is 2.36. The van der Waals surface area contributed by atoms with Gasteiger partial charge in [-0.05, 0) is 60.9 Å². The third-order valence-corrected chi connectivity index (χ3v) is 7.57. The SMILES string of the molecule is CCOc1ccccc1-c1ccc(N2CCN(C(=O)c3ccc(C(F)(F)F)cc3Cl)CC2CC)c(CNCCO)c1. The minimum Gasteiger partial charge on any atom is -0.493 e. The lowest BCUT2D eigenvalue weighted by atomic mass is 9.98. The number of halogens is 4. The van der Waals surface area contributed by atoms with Crippen molar-refractivity contribution in [2.75, 3.05) is 44.3 Å². The summed E-state index contributed by atoms with van der Waals surface area (Å²) >= 11 is 6.13. The van der Waals surface area contributed by atoms with Crippen molar-refractivity contribution in [2.24, 2.45) is 0 Å². The lowest BCUT2D eigenvalue weighted by Crippen LogP contribution is -2.55. The molecule has 4 rings (SSSR count). The number of carbonyl (C=O) groups excluding carboxylic acids is 1. The van der Waals surface area contributed by atoms with Crippen molar-refractivity contribution < 1.29 is 27.8 Å². The molecule has 41 heavy (non-hydrogen) atoms. The fraction of sp³-hybridized carbons (Fsp3) is 0.387. The molecule has 0 radical (unpaired) electrons. The van der Waals surface area contributed by atoms with Gasteiger partial charge in [0.25, 0.3) is 5.91 Å². The van der Waals surface area contributed by atoms with Crippen molar-refractivity contribution in [1.82, 2.24) is 10.2 Å². The number of para-hydroxylation sites is 1. The van der Waals surface area contributed by atoms with Crippen LogP contribution in [0.4, 0.5) is 18.9 Å². The molecule has 2 N–H and O–H groups in total. The highest BCUT2D eigenvalue weighted by molar-refractivity contribution is 6.33. The van der Waals surface area contributed by atoms with Crippen LogP contribution in [0.1, 0.15) is 41.8 Å². The van der Waals surface area contributed by atoms with E-state index in [1.165, 1.54) is 0 Å². The summed E-state index contributed by atoms with van der Waals surface area (Å²) in [6, 6.07) is 17.0. The van der Waals surface area contributed by atoms with Crippen molar-refractivity contribution in [1.29, 1.82) is 0 Å². The molecule has 1 atom stereocenters. The molecule has 220 valence electrons. The summed E-state index contributed by atoms with van der Waals surface area (Å²) in [7, 11) is 0. The lowest BCUT2D eigenvalue weighted by Gasteiger charge is -2.43. The summed E-state index contributed by atoms with van der Waals surface area (Å²) in [6.07, 6.45) is -3.78. The Morgan fingerprint density at radius 1 is 1.10 bits per heavy atom. The van der Waals surface area contributed by atoms with E-state index in [4.69, 9.17) is 16.3 Å². The second-order valence-corrected chi connectivity index (χ2v) is 10.3. The van der Waals surface area contributed by atoms with Gasteiger partial charge in [-0.15, -0.1) is 0 Å². The zero-order valence-electron chi connectivity index (χ0n) is 23.2. The molecule has 6 nitrogen and oxygen atoms in total. The minimum atomic E-state index is -4.53. The number of hydrogen-bond donors (Lipinski definition) is 2. The number of aliphatic hydroxyl groups is 1. The molecule has 0 aromatic heterocycles. The fourth-order valence-corrected chi connectivity index (χ4v) is 5.47. The van der Waals surface area contributed by atoms with Gasteiger partial charge in [-0.25, -0.2) is 0 Å². The Labute approximate surface area is 243 Å². The van der Waals surface area contributed by atoms with E-state index in [2.05, 4.69) is 28.4 Å². The number of benzene rings is 3. The first-order valence-electron chi connectivity index (χ1n) is 13.8. The van der Waals surface area contributed by atoms with E-state index in [-0.39, 0.29) is 29.1 Å². The van der Waals surface area contributed by atoms with E-state index in [0.717, 1.165) is 52.7 Å². The van der Waals surface area contributed by atoms with Crippen molar-refractivity contribution in [2.45, 2.75) is 39.0 Å². The number of nitrogens with one attached hydrogen (secondary N) is 1. The Balaban J connectivity index is 1.60. The number of piperazine rings is 1. The largest absolute Gasteiger partial charge is 0.493 e. The molecule has 1 saturated heterocycles. The first kappa shape index (κ1) is 30.7. The monoisotopic (exact) mass is 589 g/mol. The van der Waals surface area contributed by atoms with Crippen LogP contribution in [0.2, 0.25) is 5.02 Å². The Kier molecular flexibility index (Phi) is 10.2. The van der Waals surface area contributed by atoms with Crippen LogP contribution in [0, 0.1) is 0 Å². The highest BCUT2D eigenvalue weighted by Gasteiger charge is 2.34. The van der Waals surface area contributed by atoms with Gasteiger partial charge in [-0.3, -0.25) is 4.79 Å². The van der Waals surface area contributed by atoms with Gasteiger partial charge in [0, 0.05) is 50.0 Å². The first-order chi connectivity index (χ1) is 19.7. The van der Waals surface area contributed by atoms with Gasteiger partial charge in [-0.1, -0.05) is 42.8 Å². The average Bonchev–Trinajstić information content (AvgIpc) is 2.96. The van der Waals surface area contributed by atoms with E-state index in [0.29, 0.717) is 39.3 Å². The summed E-state index contributed by atoms with van der Waals surface area (Å²) in [5.74, 6) is 0.423. The number of anilines is 1. The van der Waals surface area contributed by atoms with E-state index in [9.17, 15) is 23.1 Å². The number of rotatable bonds is 10. The van der Waals surface area contributed by atoms with Gasteiger partial charge in [0.2, 0.25) is 0 Å². The van der Waals surface area contributed by atoms with Crippen LogP contribution in [0.5, 0.6) is 5.75 Å². The molecule has 0 spiro atoms. The standard InChI is InChI=1S/C31H35ClF3N3O3/c1-3-24-20-37(30(40)26-11-10-23(18-27(26)32)31(33,34)35)14-15-38(24)28-12-9-21(17-22(28)19-36-13-16-39)25-7-5-6-8-29(25)41-4-2/h5-12,17-18,24,36,39H,3-4,13-16,19-20H2,1-2H3. The Morgan fingerprint density at radius 2 is 1.88 bits per heavy atom. The zero-order chi connectivity index (χ0) is 29.6. The topological polar surface area (TPSA) is 65.0 Å². The summed E-state index contributed by atoms with van der Waals surface area (Å²) in [5.41, 5.74) is 3.25. The van der Waals surface area contributed by atoms with E-state index < -0.39 is 11.7 Å². The van der Waals surface area contributed by atoms with Crippen molar-refractivity contribution >= 4 is 23.2 Å². The maximum atomic E-state index is 13.3. The third kappa shape index (κ3) is 7.15. The molecule has 0 bridgehead atoms. The molecular weight excluding hydrogens is 555 g/mol. The first-order valence-corrected chi connectivity index (χ1v) is 14.1. The number of amides is 1. The smallest absolute Gasteiger partial charge is 0.416 e. The molecule has 0 aliphatic carbocycles. The summed E-state index contributed by atoms with van der Waals surface area (Å²) < 4.78 is 45.1. The Bertz CT molecular complexity index is 1350. The maximum absolute atomic E-state index is 13.3. The van der Waals surface area contributed by atoms with Crippen LogP contribution in [-0.2, 0) is 12.7 Å². The fourth-order valence-electron chi connectivity index (χ4n) is 5.21. The molecule has 10 heteroatoms. The molecule has 1 unspecified atom stereocenters. The van der Waals surface area contributed by atoms with Gasteiger partial charge in [0.1, 0.15) is 5.75 Å². The molecule has 3 aromatic carbocycles. The number of alkyl halides is 3. The second kappa shape index (κ2) is 13.6. The Hall–Kier alpha value is -3.27. The second-order valence-electron chi connectivity index (χ2n) is 9.87. The van der Waals surface area contributed by atoms with E-state index in [1.807, 2.05) is 38.1 Å². The predicted molar refractivity (Wildman–Crippen MR) is 156 cm³/mol. The molecule has 3 aromatic rings. The quantitative estimate of drug-likeness (QED) is 0.274. The van der Waals surface area contributed by atoms with Gasteiger partial charge in [-0.2, -0.15) is 13.2 Å². The number of carbonyl (C=O) groups is 1. The number of nitrogens with zero attached hydrogens (tertiary/aromatic N) is 2. The molecule has 1 amide bonds. The van der Waals surface area contributed by atoms with E-state index >= 15 is 0 Å². The van der Waals surface area contributed by atoms with E-state index in [1.54, 1.807) is 4.90 Å². The average molecular weight is 590 g/mol. The van der Waals surface area contributed by atoms with Crippen LogP contribution < -0.4 is 15.0 Å². The van der Waals surface area contributed by atoms with Crippen LogP contribution in [0.15, 0.2) is 60.7 Å². The minimum absolute atomic E-state index is 0.0147.